The second kappa shape index (κ2) is 7.70. The average Bonchev–Trinajstić information content (AvgIpc) is 3.02. The van der Waals surface area contributed by atoms with E-state index in [4.69, 9.17) is 4.74 Å². The number of carbonyl (C=O) groups is 1. The van der Waals surface area contributed by atoms with Crippen LogP contribution in [0.2, 0.25) is 0 Å². The van der Waals surface area contributed by atoms with Gasteiger partial charge in [-0.1, -0.05) is 36.4 Å². The topological polar surface area (TPSA) is 68.5 Å². The first kappa shape index (κ1) is 16.1. The molecule has 3 aromatic rings. The van der Waals surface area contributed by atoms with Gasteiger partial charge in [-0.3, -0.25) is 4.79 Å². The molecule has 2 heterocycles. The number of ether oxygens (including phenoxy) is 1. The Morgan fingerprint density at radius 3 is 2.79 bits per heavy atom. The highest BCUT2D eigenvalue weighted by atomic mass is 16.5. The van der Waals surface area contributed by atoms with Gasteiger partial charge in [-0.15, -0.1) is 5.10 Å². The van der Waals surface area contributed by atoms with Crippen LogP contribution in [0.25, 0.3) is 5.65 Å². The maximum absolute atomic E-state index is 12.3. The van der Waals surface area contributed by atoms with E-state index in [0.717, 1.165) is 24.4 Å². The summed E-state index contributed by atoms with van der Waals surface area (Å²) in [6.07, 6.45) is 1.09. The molecule has 0 bridgehead atoms. The van der Waals surface area contributed by atoms with Gasteiger partial charge >= 0.3 is 0 Å². The van der Waals surface area contributed by atoms with Crippen LogP contribution in [-0.2, 0) is 11.2 Å². The molecule has 0 amide bonds. The lowest BCUT2D eigenvalue weighted by atomic mass is 10.1. The molecule has 0 aliphatic rings. The number of nitrogens with one attached hydrogen (secondary N) is 1. The van der Waals surface area contributed by atoms with Gasteiger partial charge in [-0.05, 0) is 18.6 Å². The highest BCUT2D eigenvalue weighted by molar-refractivity contribution is 5.97. The zero-order valence-electron chi connectivity index (χ0n) is 13.6. The minimum Gasteiger partial charge on any atom is -0.385 e. The highest BCUT2D eigenvalue weighted by Crippen LogP contribution is 2.12. The number of rotatable bonds is 8. The highest BCUT2D eigenvalue weighted by Gasteiger charge is 2.12. The number of ketones is 1. The molecule has 0 aliphatic heterocycles. The number of aromatic nitrogens is 3. The van der Waals surface area contributed by atoms with Crippen LogP contribution >= 0.6 is 0 Å². The number of hydrogen-bond donors (Lipinski definition) is 1. The van der Waals surface area contributed by atoms with Gasteiger partial charge in [0.2, 0.25) is 0 Å². The Bertz CT molecular complexity index is 814. The molecule has 1 N–H and O–H groups in total. The second-order valence-corrected chi connectivity index (χ2v) is 5.45. The van der Waals surface area contributed by atoms with Crippen LogP contribution in [0.4, 0.5) is 5.82 Å². The van der Waals surface area contributed by atoms with Crippen LogP contribution in [-0.4, -0.2) is 40.6 Å². The first-order valence-corrected chi connectivity index (χ1v) is 7.93. The summed E-state index contributed by atoms with van der Waals surface area (Å²) in [5.41, 5.74) is 1.40. The second-order valence-electron chi connectivity index (χ2n) is 5.45. The number of fused-ring (bicyclic) bond motifs is 1. The predicted octanol–water partition coefficient (Wildman–Crippen LogP) is 2.60. The van der Waals surface area contributed by atoms with Gasteiger partial charge in [0.25, 0.3) is 0 Å². The zero-order valence-corrected chi connectivity index (χ0v) is 13.6. The Morgan fingerprint density at radius 2 is 2.00 bits per heavy atom. The van der Waals surface area contributed by atoms with Crippen LogP contribution in [0.1, 0.15) is 22.6 Å². The number of carbonyl (C=O) groups excluding carboxylic acids is 1. The molecule has 0 unspecified atom stereocenters. The number of Topliss-reactive ketones (excluding diaryl/α,β-unsaturated/α-hetero) is 1. The monoisotopic (exact) mass is 324 g/mol. The minimum atomic E-state index is 0.0149. The molecule has 24 heavy (non-hydrogen) atoms. The van der Waals surface area contributed by atoms with E-state index < -0.39 is 0 Å². The Kier molecular flexibility index (Phi) is 5.18. The van der Waals surface area contributed by atoms with Crippen molar-refractivity contribution < 1.29 is 9.53 Å². The van der Waals surface area contributed by atoms with Crippen molar-refractivity contribution in [1.29, 1.82) is 0 Å². The number of anilines is 1. The zero-order chi connectivity index (χ0) is 16.8. The number of hydrogen-bond acceptors (Lipinski definition) is 5. The smallest absolute Gasteiger partial charge is 0.170 e. The van der Waals surface area contributed by atoms with E-state index in [2.05, 4.69) is 15.4 Å². The third-order valence-electron chi connectivity index (χ3n) is 3.65. The van der Waals surface area contributed by atoms with Crippen molar-refractivity contribution in [1.82, 2.24) is 14.6 Å². The first-order valence-electron chi connectivity index (χ1n) is 7.93. The van der Waals surface area contributed by atoms with Crippen LogP contribution in [0.3, 0.4) is 0 Å². The molecule has 2 aromatic heterocycles. The van der Waals surface area contributed by atoms with Gasteiger partial charge in [0, 0.05) is 25.8 Å². The van der Waals surface area contributed by atoms with Crippen LogP contribution in [0.5, 0.6) is 0 Å². The van der Waals surface area contributed by atoms with Crippen molar-refractivity contribution in [3.63, 3.8) is 0 Å². The molecule has 0 fully saturated rings. The summed E-state index contributed by atoms with van der Waals surface area (Å²) in [5.74, 6) is 1.39. The van der Waals surface area contributed by atoms with E-state index in [1.165, 1.54) is 0 Å². The van der Waals surface area contributed by atoms with E-state index in [1.54, 1.807) is 23.8 Å². The van der Waals surface area contributed by atoms with Crippen LogP contribution in [0.15, 0.2) is 48.5 Å². The van der Waals surface area contributed by atoms with E-state index in [9.17, 15) is 4.79 Å². The van der Waals surface area contributed by atoms with Gasteiger partial charge in [0.05, 0.1) is 6.42 Å². The maximum atomic E-state index is 12.3. The molecule has 0 saturated carbocycles. The molecule has 0 aliphatic carbocycles. The molecular formula is C18H20N4O2. The molecule has 124 valence electrons. The quantitative estimate of drug-likeness (QED) is 0.509. The lowest BCUT2D eigenvalue weighted by molar-refractivity contribution is 0.0991. The molecule has 0 radical (unpaired) electrons. The first-order chi connectivity index (χ1) is 11.8. The molecule has 0 saturated heterocycles. The fourth-order valence-corrected chi connectivity index (χ4v) is 2.46. The molecule has 0 atom stereocenters. The summed E-state index contributed by atoms with van der Waals surface area (Å²) in [6, 6.07) is 15.0. The number of methoxy groups -OCH3 is 1. The number of pyridine rings is 1. The summed E-state index contributed by atoms with van der Waals surface area (Å²) in [7, 11) is 1.69. The van der Waals surface area contributed by atoms with Gasteiger partial charge in [-0.2, -0.15) is 4.52 Å². The molecule has 0 spiro atoms. The lowest BCUT2D eigenvalue weighted by Crippen LogP contribution is -2.09. The third kappa shape index (κ3) is 3.78. The van der Waals surface area contributed by atoms with Crippen molar-refractivity contribution in [3.05, 3.63) is 59.9 Å². The van der Waals surface area contributed by atoms with Crippen molar-refractivity contribution >= 4 is 17.2 Å². The Morgan fingerprint density at radius 1 is 1.17 bits per heavy atom. The van der Waals surface area contributed by atoms with Crippen molar-refractivity contribution in [2.45, 2.75) is 12.8 Å². The van der Waals surface area contributed by atoms with Crippen molar-refractivity contribution in [3.8, 4) is 0 Å². The number of nitrogens with zero attached hydrogens (tertiary/aromatic N) is 3. The van der Waals surface area contributed by atoms with Crippen molar-refractivity contribution in [2.75, 3.05) is 25.6 Å². The minimum absolute atomic E-state index is 0.0149. The van der Waals surface area contributed by atoms with Gasteiger partial charge in [0.1, 0.15) is 5.82 Å². The van der Waals surface area contributed by atoms with E-state index in [0.29, 0.717) is 18.0 Å². The molecule has 6 heteroatoms. The molecule has 3 rings (SSSR count). The van der Waals surface area contributed by atoms with Gasteiger partial charge < -0.3 is 10.1 Å². The lowest BCUT2D eigenvalue weighted by Gasteiger charge is -2.07. The van der Waals surface area contributed by atoms with Gasteiger partial charge in [-0.25, -0.2) is 4.98 Å². The fourth-order valence-electron chi connectivity index (χ4n) is 2.46. The van der Waals surface area contributed by atoms with Crippen molar-refractivity contribution in [2.24, 2.45) is 0 Å². The van der Waals surface area contributed by atoms with Crippen LogP contribution in [0, 0.1) is 0 Å². The Balaban J connectivity index is 1.75. The molecule has 1 aromatic carbocycles. The number of benzene rings is 1. The summed E-state index contributed by atoms with van der Waals surface area (Å²) in [5, 5.41) is 7.78. The van der Waals surface area contributed by atoms with E-state index in [1.807, 2.05) is 36.4 Å². The third-order valence-corrected chi connectivity index (χ3v) is 3.65. The van der Waals surface area contributed by atoms with E-state index in [-0.39, 0.29) is 12.2 Å². The SMILES string of the molecule is COCCCNc1cccc2nc(CC(=O)c3ccccc3)nn12. The summed E-state index contributed by atoms with van der Waals surface area (Å²) in [4.78, 5) is 16.8. The summed E-state index contributed by atoms with van der Waals surface area (Å²) in [6.45, 7) is 1.49. The Labute approximate surface area is 140 Å². The summed E-state index contributed by atoms with van der Waals surface area (Å²) < 4.78 is 6.78. The fraction of sp³-hybridized carbons (Fsp3) is 0.278. The Hall–Kier alpha value is -2.73. The van der Waals surface area contributed by atoms with Gasteiger partial charge in [0.15, 0.2) is 17.3 Å². The van der Waals surface area contributed by atoms with E-state index >= 15 is 0 Å². The normalized spacial score (nSPS) is 10.9. The molecular weight excluding hydrogens is 304 g/mol. The average molecular weight is 324 g/mol. The van der Waals surface area contributed by atoms with Crippen LogP contribution < -0.4 is 5.32 Å². The predicted molar refractivity (Wildman–Crippen MR) is 92.4 cm³/mol. The molecule has 6 nitrogen and oxygen atoms in total. The standard InChI is InChI=1S/C18H20N4O2/c1-24-12-6-11-19-17-9-5-10-18-20-16(21-22(17)18)13-15(23)14-7-3-2-4-8-14/h2-5,7-10,19H,6,11-13H2,1H3. The largest absolute Gasteiger partial charge is 0.385 e. The summed E-state index contributed by atoms with van der Waals surface area (Å²) >= 11 is 0. The maximum Gasteiger partial charge on any atom is 0.170 e.